The number of benzene rings is 3. The molecule has 1 N–H and O–H groups in total. The van der Waals surface area contributed by atoms with E-state index in [1.807, 2.05) is 12.1 Å². The highest BCUT2D eigenvalue weighted by Gasteiger charge is 2.50. The lowest BCUT2D eigenvalue weighted by Crippen LogP contribution is -2.41. The van der Waals surface area contributed by atoms with Crippen LogP contribution in [0, 0.1) is 0 Å². The summed E-state index contributed by atoms with van der Waals surface area (Å²) in [6, 6.07) is 19.5. The Bertz CT molecular complexity index is 1190. The Morgan fingerprint density at radius 2 is 1.69 bits per heavy atom. The third kappa shape index (κ3) is 4.06. The molecule has 0 saturated heterocycles. The minimum atomic E-state index is -1.93. The molecule has 0 spiro atoms. The maximum Gasteiger partial charge on any atom is 0.264 e. The topological polar surface area (TPSA) is 57.6 Å². The average Bonchev–Trinajstić information content (AvgIpc) is 2.98. The second-order valence-electron chi connectivity index (χ2n) is 8.39. The van der Waals surface area contributed by atoms with E-state index in [1.165, 1.54) is 4.90 Å². The zero-order valence-corrected chi connectivity index (χ0v) is 19.3. The lowest BCUT2D eigenvalue weighted by atomic mass is 9.87. The smallest absolute Gasteiger partial charge is 0.264 e. The second kappa shape index (κ2) is 8.70. The summed E-state index contributed by atoms with van der Waals surface area (Å²) in [5.41, 5.74) is 1.43. The minimum absolute atomic E-state index is 0.201. The molecule has 0 radical (unpaired) electrons. The van der Waals surface area contributed by atoms with E-state index in [9.17, 15) is 14.7 Å². The molecule has 1 amide bonds. The van der Waals surface area contributed by atoms with Crippen LogP contribution in [0.15, 0.2) is 66.7 Å². The fourth-order valence-electron chi connectivity index (χ4n) is 4.04. The van der Waals surface area contributed by atoms with E-state index in [0.717, 1.165) is 11.1 Å². The molecular formula is C26H23Cl2NO3. The van der Waals surface area contributed by atoms with Crippen molar-refractivity contribution in [2.45, 2.75) is 38.3 Å². The summed E-state index contributed by atoms with van der Waals surface area (Å²) >= 11 is 12.1. The van der Waals surface area contributed by atoms with E-state index < -0.39 is 11.5 Å². The molecule has 1 unspecified atom stereocenters. The van der Waals surface area contributed by atoms with Gasteiger partial charge in [-0.25, -0.2) is 0 Å². The van der Waals surface area contributed by atoms with E-state index in [4.69, 9.17) is 23.2 Å². The maximum atomic E-state index is 13.4. The number of carbonyl (C=O) groups excluding carboxylic acids is 2. The molecule has 32 heavy (non-hydrogen) atoms. The number of nitrogens with zero attached hydrogens (tertiary/aromatic N) is 1. The number of aliphatic hydroxyl groups is 1. The number of fused-ring (bicyclic) bond motifs is 1. The van der Waals surface area contributed by atoms with Gasteiger partial charge >= 0.3 is 0 Å². The van der Waals surface area contributed by atoms with Gasteiger partial charge in [0, 0.05) is 11.1 Å². The highest BCUT2D eigenvalue weighted by Crippen LogP contribution is 2.43. The van der Waals surface area contributed by atoms with Gasteiger partial charge in [0.25, 0.3) is 5.91 Å². The number of hydrogen-bond acceptors (Lipinski definition) is 3. The van der Waals surface area contributed by atoms with Crippen molar-refractivity contribution in [3.05, 3.63) is 99.0 Å². The summed E-state index contributed by atoms with van der Waals surface area (Å²) < 4.78 is 0. The number of amides is 1. The molecule has 1 aliphatic rings. The number of rotatable bonds is 6. The van der Waals surface area contributed by atoms with Crippen molar-refractivity contribution in [3.8, 4) is 0 Å². The van der Waals surface area contributed by atoms with E-state index in [-0.39, 0.29) is 18.7 Å². The standard InChI is InChI=1S/C26H23Cl2NO3/c1-16(2)18-8-10-19(11-9-18)24(30)14-26(32)20-5-3-4-6-23(20)29(25(26)31)15-17-7-12-21(27)22(28)13-17/h3-13,16,32H,14-15H2,1-2H3. The quantitative estimate of drug-likeness (QED) is 0.443. The number of halogens is 2. The van der Waals surface area contributed by atoms with Gasteiger partial charge in [0.1, 0.15) is 0 Å². The predicted molar refractivity (Wildman–Crippen MR) is 127 cm³/mol. The molecule has 6 heteroatoms. The van der Waals surface area contributed by atoms with Gasteiger partial charge in [-0.2, -0.15) is 0 Å². The second-order valence-corrected chi connectivity index (χ2v) is 9.21. The number of ketones is 1. The Morgan fingerprint density at radius 3 is 2.34 bits per heavy atom. The zero-order chi connectivity index (χ0) is 23.0. The highest BCUT2D eigenvalue weighted by molar-refractivity contribution is 6.42. The first-order chi connectivity index (χ1) is 15.2. The van der Waals surface area contributed by atoms with Crippen LogP contribution in [0.5, 0.6) is 0 Å². The van der Waals surface area contributed by atoms with Crippen molar-refractivity contribution < 1.29 is 14.7 Å². The summed E-state index contributed by atoms with van der Waals surface area (Å²) in [7, 11) is 0. The molecule has 0 aliphatic carbocycles. The lowest BCUT2D eigenvalue weighted by Gasteiger charge is -2.23. The van der Waals surface area contributed by atoms with Crippen LogP contribution in [0.1, 0.15) is 53.2 Å². The van der Waals surface area contributed by atoms with Crippen LogP contribution < -0.4 is 4.90 Å². The van der Waals surface area contributed by atoms with Crippen LogP contribution in [-0.4, -0.2) is 16.8 Å². The van der Waals surface area contributed by atoms with Crippen molar-refractivity contribution >= 4 is 40.6 Å². The SMILES string of the molecule is CC(C)c1ccc(C(=O)CC2(O)C(=O)N(Cc3ccc(Cl)c(Cl)c3)c3ccccc32)cc1. The molecule has 0 aromatic heterocycles. The number of anilines is 1. The number of carbonyl (C=O) groups is 2. The van der Waals surface area contributed by atoms with Crippen molar-refractivity contribution in [1.82, 2.24) is 0 Å². The van der Waals surface area contributed by atoms with E-state index in [1.54, 1.807) is 54.6 Å². The van der Waals surface area contributed by atoms with E-state index >= 15 is 0 Å². The van der Waals surface area contributed by atoms with Crippen molar-refractivity contribution in [1.29, 1.82) is 0 Å². The first-order valence-electron chi connectivity index (χ1n) is 10.4. The fraction of sp³-hybridized carbons (Fsp3) is 0.231. The van der Waals surface area contributed by atoms with Crippen LogP contribution in [0.4, 0.5) is 5.69 Å². The molecule has 164 valence electrons. The molecule has 1 heterocycles. The maximum absolute atomic E-state index is 13.4. The molecular weight excluding hydrogens is 445 g/mol. The zero-order valence-electron chi connectivity index (χ0n) is 17.8. The summed E-state index contributed by atoms with van der Waals surface area (Å²) in [6.45, 7) is 4.36. The van der Waals surface area contributed by atoms with Gasteiger partial charge in [-0.3, -0.25) is 9.59 Å². The van der Waals surface area contributed by atoms with Crippen LogP contribution in [0.2, 0.25) is 10.0 Å². The Hall–Kier alpha value is -2.66. The van der Waals surface area contributed by atoms with E-state index in [2.05, 4.69) is 13.8 Å². The first kappa shape index (κ1) is 22.5. The lowest BCUT2D eigenvalue weighted by molar-refractivity contribution is -0.136. The molecule has 0 fully saturated rings. The fourth-order valence-corrected chi connectivity index (χ4v) is 4.36. The van der Waals surface area contributed by atoms with Gasteiger partial charge in [0.15, 0.2) is 11.4 Å². The molecule has 1 atom stereocenters. The largest absolute Gasteiger partial charge is 0.375 e. The third-order valence-electron chi connectivity index (χ3n) is 5.88. The molecule has 0 saturated carbocycles. The molecule has 4 nitrogen and oxygen atoms in total. The number of para-hydroxylation sites is 1. The summed E-state index contributed by atoms with van der Waals surface area (Å²) in [6.07, 6.45) is -0.332. The van der Waals surface area contributed by atoms with Gasteiger partial charge < -0.3 is 10.0 Å². The van der Waals surface area contributed by atoms with Gasteiger partial charge in [-0.05, 0) is 35.2 Å². The van der Waals surface area contributed by atoms with Gasteiger partial charge in [0.2, 0.25) is 0 Å². The molecule has 3 aromatic rings. The average molecular weight is 468 g/mol. The van der Waals surface area contributed by atoms with Crippen LogP contribution in [0.25, 0.3) is 0 Å². The van der Waals surface area contributed by atoms with Gasteiger partial charge in [-0.15, -0.1) is 0 Å². The normalized spacial score (nSPS) is 17.7. The molecule has 0 bridgehead atoms. The number of hydrogen-bond donors (Lipinski definition) is 1. The van der Waals surface area contributed by atoms with Gasteiger partial charge in [-0.1, -0.05) is 85.6 Å². The summed E-state index contributed by atoms with van der Waals surface area (Å²) in [4.78, 5) is 27.9. The Labute approximate surface area is 197 Å². The van der Waals surface area contributed by atoms with Crippen molar-refractivity contribution in [2.75, 3.05) is 4.90 Å². The summed E-state index contributed by atoms with van der Waals surface area (Å²) in [5, 5.41) is 12.3. The Morgan fingerprint density at radius 1 is 1.00 bits per heavy atom. The number of Topliss-reactive ketones (excluding diaryl/α,β-unsaturated/α-hetero) is 1. The van der Waals surface area contributed by atoms with E-state index in [0.29, 0.717) is 32.8 Å². The Kier molecular flexibility index (Phi) is 6.13. The minimum Gasteiger partial charge on any atom is -0.375 e. The summed E-state index contributed by atoms with van der Waals surface area (Å²) in [5.74, 6) is -0.471. The third-order valence-corrected chi connectivity index (χ3v) is 6.62. The molecule has 4 rings (SSSR count). The van der Waals surface area contributed by atoms with Crippen LogP contribution >= 0.6 is 23.2 Å². The van der Waals surface area contributed by atoms with Gasteiger partial charge in [0.05, 0.1) is 28.7 Å². The molecule has 3 aromatic carbocycles. The Balaban J connectivity index is 1.64. The highest BCUT2D eigenvalue weighted by atomic mass is 35.5. The van der Waals surface area contributed by atoms with Crippen molar-refractivity contribution in [3.63, 3.8) is 0 Å². The van der Waals surface area contributed by atoms with Crippen LogP contribution in [-0.2, 0) is 16.9 Å². The van der Waals surface area contributed by atoms with Crippen molar-refractivity contribution in [2.24, 2.45) is 0 Å². The molecule has 1 aliphatic heterocycles. The predicted octanol–water partition coefficient (Wildman–Crippen LogP) is 6.12. The monoisotopic (exact) mass is 467 g/mol. The van der Waals surface area contributed by atoms with Crippen LogP contribution in [0.3, 0.4) is 0 Å². The first-order valence-corrected chi connectivity index (χ1v) is 11.2.